The topological polar surface area (TPSA) is 29.1 Å². The van der Waals surface area contributed by atoms with Crippen molar-refractivity contribution < 1.29 is 9.84 Å². The maximum Gasteiger partial charge on any atom is 0.179 e. The van der Waals surface area contributed by atoms with Gasteiger partial charge in [-0.15, -0.1) is 0 Å². The van der Waals surface area contributed by atoms with Gasteiger partial charge in [-0.3, -0.25) is 5.11 Å². The van der Waals surface area contributed by atoms with E-state index in [2.05, 4.69) is 0 Å². The third kappa shape index (κ3) is 0.946. The van der Waals surface area contributed by atoms with E-state index in [0.717, 1.165) is 29.9 Å². The lowest BCUT2D eigenvalue weighted by atomic mass is 10.1. The van der Waals surface area contributed by atoms with Gasteiger partial charge < -0.3 is 4.74 Å². The Hall–Kier alpha value is -1.18. The second kappa shape index (κ2) is 2.16. The van der Waals surface area contributed by atoms with Gasteiger partial charge >= 0.3 is 0 Å². The van der Waals surface area contributed by atoms with Gasteiger partial charge in [0.1, 0.15) is 5.75 Å². The summed E-state index contributed by atoms with van der Waals surface area (Å²) in [4.78, 5) is 0. The average molecular weight is 149 g/mol. The van der Waals surface area contributed by atoms with Crippen molar-refractivity contribution >= 4 is 0 Å². The molecule has 0 unspecified atom stereocenters. The summed E-state index contributed by atoms with van der Waals surface area (Å²) in [5.41, 5.74) is 2.03. The SMILES string of the molecule is Cc1cc([O])cc2c1OCC2. The smallest absolute Gasteiger partial charge is 0.179 e. The van der Waals surface area contributed by atoms with Crippen LogP contribution in [0.15, 0.2) is 12.1 Å². The van der Waals surface area contributed by atoms with Crippen molar-refractivity contribution in [3.05, 3.63) is 23.3 Å². The van der Waals surface area contributed by atoms with Crippen LogP contribution < -0.4 is 4.74 Å². The van der Waals surface area contributed by atoms with Gasteiger partial charge in [-0.2, -0.15) is 0 Å². The molecule has 0 saturated heterocycles. The Morgan fingerprint density at radius 1 is 1.45 bits per heavy atom. The zero-order valence-electron chi connectivity index (χ0n) is 6.39. The van der Waals surface area contributed by atoms with Crippen LogP contribution in [0, 0.1) is 6.92 Å². The highest BCUT2D eigenvalue weighted by molar-refractivity contribution is 5.47. The third-order valence-corrected chi connectivity index (χ3v) is 1.94. The van der Waals surface area contributed by atoms with Crippen LogP contribution in [0.1, 0.15) is 11.1 Å². The molecule has 0 aliphatic carbocycles. The molecule has 2 rings (SSSR count). The number of hydrogen-bond donors (Lipinski definition) is 0. The second-order valence-corrected chi connectivity index (χ2v) is 2.83. The number of aryl methyl sites for hydroxylation is 1. The van der Waals surface area contributed by atoms with Crippen molar-refractivity contribution in [2.24, 2.45) is 0 Å². The molecule has 0 amide bonds. The van der Waals surface area contributed by atoms with E-state index in [1.54, 1.807) is 12.1 Å². The molecule has 0 fully saturated rings. The van der Waals surface area contributed by atoms with E-state index in [1.807, 2.05) is 6.92 Å². The van der Waals surface area contributed by atoms with Crippen molar-refractivity contribution in [2.75, 3.05) is 6.61 Å². The molecular weight excluding hydrogens is 140 g/mol. The first-order valence-electron chi connectivity index (χ1n) is 3.71. The van der Waals surface area contributed by atoms with E-state index < -0.39 is 0 Å². The van der Waals surface area contributed by atoms with E-state index in [1.165, 1.54) is 0 Å². The molecule has 2 nitrogen and oxygen atoms in total. The summed E-state index contributed by atoms with van der Waals surface area (Å²) in [5.74, 6) is 1.01. The zero-order valence-corrected chi connectivity index (χ0v) is 6.39. The fourth-order valence-electron chi connectivity index (χ4n) is 1.47. The standard InChI is InChI=1S/C9H9O2/c1-6-4-8(10)5-7-2-3-11-9(6)7/h4-5H,2-3H2,1H3. The fraction of sp³-hybridized carbons (Fsp3) is 0.333. The summed E-state index contributed by atoms with van der Waals surface area (Å²) < 4.78 is 5.35. The Morgan fingerprint density at radius 3 is 3.09 bits per heavy atom. The quantitative estimate of drug-likeness (QED) is 0.555. The van der Waals surface area contributed by atoms with Crippen molar-refractivity contribution in [3.8, 4) is 11.5 Å². The summed E-state index contributed by atoms with van der Waals surface area (Å²) in [6.45, 7) is 2.63. The van der Waals surface area contributed by atoms with Crippen LogP contribution in [0.2, 0.25) is 0 Å². The molecule has 2 heteroatoms. The molecule has 1 aromatic rings. The molecule has 11 heavy (non-hydrogen) atoms. The van der Waals surface area contributed by atoms with Gasteiger partial charge in [0, 0.05) is 12.0 Å². The predicted octanol–water partition coefficient (Wildman–Crippen LogP) is 2.07. The Labute approximate surface area is 65.4 Å². The highest BCUT2D eigenvalue weighted by Gasteiger charge is 2.15. The molecule has 0 spiro atoms. The number of rotatable bonds is 0. The zero-order chi connectivity index (χ0) is 7.84. The normalized spacial score (nSPS) is 14.3. The summed E-state index contributed by atoms with van der Waals surface area (Å²) in [6.07, 6.45) is 0.881. The molecule has 1 aromatic carbocycles. The predicted molar refractivity (Wildman–Crippen MR) is 40.5 cm³/mol. The van der Waals surface area contributed by atoms with Crippen LogP contribution >= 0.6 is 0 Å². The first-order valence-corrected chi connectivity index (χ1v) is 3.71. The molecule has 1 aliphatic rings. The van der Waals surface area contributed by atoms with Crippen LogP contribution in [0.3, 0.4) is 0 Å². The lowest BCUT2D eigenvalue weighted by Crippen LogP contribution is -1.87. The average Bonchev–Trinajstić information content (AvgIpc) is 2.34. The van der Waals surface area contributed by atoms with Gasteiger partial charge in [0.25, 0.3) is 0 Å². The van der Waals surface area contributed by atoms with Crippen molar-refractivity contribution in [2.45, 2.75) is 13.3 Å². The number of ether oxygens (including phenoxy) is 1. The monoisotopic (exact) mass is 149 g/mol. The maximum absolute atomic E-state index is 11.0. The van der Waals surface area contributed by atoms with Crippen molar-refractivity contribution in [3.63, 3.8) is 0 Å². The molecule has 57 valence electrons. The Bertz CT molecular complexity index is 292. The van der Waals surface area contributed by atoms with E-state index in [9.17, 15) is 5.11 Å². The summed E-state index contributed by atoms with van der Waals surface area (Å²) >= 11 is 0. The van der Waals surface area contributed by atoms with Gasteiger partial charge in [0.05, 0.1) is 6.61 Å². The van der Waals surface area contributed by atoms with Crippen LogP contribution in [0.25, 0.3) is 0 Å². The van der Waals surface area contributed by atoms with Gasteiger partial charge in [0.2, 0.25) is 0 Å². The van der Waals surface area contributed by atoms with E-state index in [0.29, 0.717) is 0 Å². The highest BCUT2D eigenvalue weighted by atomic mass is 16.5. The van der Waals surface area contributed by atoms with Crippen LogP contribution in [0.4, 0.5) is 0 Å². The van der Waals surface area contributed by atoms with E-state index >= 15 is 0 Å². The highest BCUT2D eigenvalue weighted by Crippen LogP contribution is 2.32. The molecule has 1 aliphatic heterocycles. The van der Waals surface area contributed by atoms with Gasteiger partial charge in [-0.25, -0.2) is 0 Å². The molecule has 0 bridgehead atoms. The lowest BCUT2D eigenvalue weighted by molar-refractivity contribution is 0.348. The van der Waals surface area contributed by atoms with Crippen LogP contribution in [-0.4, -0.2) is 6.61 Å². The first-order chi connectivity index (χ1) is 5.27. The van der Waals surface area contributed by atoms with Crippen molar-refractivity contribution in [1.29, 1.82) is 0 Å². The minimum atomic E-state index is 0.0896. The van der Waals surface area contributed by atoms with Gasteiger partial charge in [-0.1, -0.05) is 0 Å². The largest absolute Gasteiger partial charge is 0.493 e. The third-order valence-electron chi connectivity index (χ3n) is 1.94. The second-order valence-electron chi connectivity index (χ2n) is 2.83. The minimum Gasteiger partial charge on any atom is -0.493 e. The molecule has 1 heterocycles. The van der Waals surface area contributed by atoms with Crippen molar-refractivity contribution in [1.82, 2.24) is 0 Å². The molecule has 0 aromatic heterocycles. The van der Waals surface area contributed by atoms with Gasteiger partial charge in [0.15, 0.2) is 5.75 Å². The molecule has 0 atom stereocenters. The summed E-state index contributed by atoms with van der Waals surface area (Å²) in [6, 6.07) is 3.28. The molecule has 0 saturated carbocycles. The lowest BCUT2D eigenvalue weighted by Gasteiger charge is -2.01. The van der Waals surface area contributed by atoms with E-state index in [-0.39, 0.29) is 5.75 Å². The Kier molecular flexibility index (Phi) is 1.28. The molecular formula is C9H9O2. The van der Waals surface area contributed by atoms with E-state index in [4.69, 9.17) is 4.74 Å². The maximum atomic E-state index is 11.0. The molecule has 0 N–H and O–H groups in total. The Morgan fingerprint density at radius 2 is 2.27 bits per heavy atom. The first kappa shape index (κ1) is 6.53. The summed E-state index contributed by atoms with van der Waals surface area (Å²) in [5, 5.41) is 11.0. The van der Waals surface area contributed by atoms with Crippen LogP contribution in [0.5, 0.6) is 11.5 Å². The number of hydrogen-bond acceptors (Lipinski definition) is 1. The number of fused-ring (bicyclic) bond motifs is 1. The minimum absolute atomic E-state index is 0.0896. The number of benzene rings is 1. The van der Waals surface area contributed by atoms with Crippen LogP contribution in [-0.2, 0) is 11.5 Å². The Balaban J connectivity index is 2.60. The molecule has 1 radical (unpaired) electrons. The summed E-state index contributed by atoms with van der Waals surface area (Å²) in [7, 11) is 0. The fourth-order valence-corrected chi connectivity index (χ4v) is 1.47. The van der Waals surface area contributed by atoms with Gasteiger partial charge in [-0.05, 0) is 24.6 Å².